The van der Waals surface area contributed by atoms with Gasteiger partial charge in [0.15, 0.2) is 18.9 Å². The molecule has 0 aliphatic carbocycles. The van der Waals surface area contributed by atoms with Crippen molar-refractivity contribution in [2.75, 3.05) is 19.8 Å². The van der Waals surface area contributed by atoms with Gasteiger partial charge in [-0.15, -0.1) is 37.2 Å². The Morgan fingerprint density at radius 1 is 0.526 bits per heavy atom. The normalized spacial score (nSPS) is 47.0. The third-order valence-corrected chi connectivity index (χ3v) is 6.33. The molecular formula is C18H40Cl3N3O14. The molecule has 17 nitrogen and oxygen atoms in total. The van der Waals surface area contributed by atoms with Crippen molar-refractivity contribution in [3.05, 3.63) is 0 Å². The third kappa shape index (κ3) is 8.14. The Kier molecular flexibility index (Phi) is 18.3. The number of nitrogens with two attached hydrogens (primary N) is 3. The number of ether oxygens (including phenoxy) is 5. The Morgan fingerprint density at radius 3 is 1.34 bits per heavy atom. The van der Waals surface area contributed by atoms with Gasteiger partial charge in [0, 0.05) is 0 Å². The summed E-state index contributed by atoms with van der Waals surface area (Å²) in [6.07, 6.45) is -16.8. The molecule has 0 radical (unpaired) electrons. The molecule has 0 spiro atoms. The molecule has 3 fully saturated rings. The summed E-state index contributed by atoms with van der Waals surface area (Å²) in [6, 6.07) is -3.87. The summed E-state index contributed by atoms with van der Waals surface area (Å²) in [5, 5.41) is 79.6. The predicted octanol–water partition coefficient (Wildman–Crippen LogP) is -7.23. The molecule has 3 aliphatic rings. The van der Waals surface area contributed by atoms with Crippen molar-refractivity contribution in [2.24, 2.45) is 17.2 Å². The van der Waals surface area contributed by atoms with Crippen molar-refractivity contribution in [2.45, 2.75) is 91.9 Å². The lowest BCUT2D eigenvalue weighted by Crippen LogP contribution is -2.69. The minimum atomic E-state index is -1.56. The van der Waals surface area contributed by atoms with Crippen molar-refractivity contribution in [1.82, 2.24) is 0 Å². The first-order valence-electron chi connectivity index (χ1n) is 10.8. The number of aliphatic hydroxyl groups excluding tert-OH is 8. The first-order valence-corrected chi connectivity index (χ1v) is 10.8. The average molecular weight is 629 g/mol. The predicted molar refractivity (Wildman–Crippen MR) is 133 cm³/mol. The smallest absolute Gasteiger partial charge is 0.176 e. The van der Waals surface area contributed by atoms with Gasteiger partial charge in [-0.05, 0) is 0 Å². The van der Waals surface area contributed by atoms with E-state index in [4.69, 9.17) is 40.9 Å². The molecule has 20 heteroatoms. The van der Waals surface area contributed by atoms with E-state index in [0.29, 0.717) is 0 Å². The zero-order valence-corrected chi connectivity index (χ0v) is 22.3. The van der Waals surface area contributed by atoms with Crippen LogP contribution < -0.4 is 17.2 Å². The van der Waals surface area contributed by atoms with Gasteiger partial charge in [0.1, 0.15) is 54.9 Å². The fourth-order valence-corrected chi connectivity index (χ4v) is 4.18. The van der Waals surface area contributed by atoms with E-state index in [0.717, 1.165) is 0 Å². The first-order chi connectivity index (χ1) is 16.0. The van der Waals surface area contributed by atoms with Crippen molar-refractivity contribution >= 4 is 37.2 Å². The Hall–Kier alpha value is 0.190. The van der Waals surface area contributed by atoms with E-state index < -0.39 is 112 Å². The molecule has 3 aliphatic heterocycles. The monoisotopic (exact) mass is 627 g/mol. The van der Waals surface area contributed by atoms with Gasteiger partial charge < -0.3 is 87.2 Å². The minimum Gasteiger partial charge on any atom is -0.412 e. The summed E-state index contributed by atoms with van der Waals surface area (Å²) in [5.41, 5.74) is 17.6. The van der Waals surface area contributed by atoms with E-state index in [1.807, 2.05) is 0 Å². The second-order valence-corrected chi connectivity index (χ2v) is 8.59. The topological polar surface area (TPSA) is 318 Å². The molecule has 0 aromatic carbocycles. The van der Waals surface area contributed by atoms with Crippen molar-refractivity contribution in [3.63, 3.8) is 0 Å². The number of aliphatic hydroxyl groups is 8. The maximum Gasteiger partial charge on any atom is 0.176 e. The molecule has 3 heterocycles. The SMILES string of the molecule is Cl.Cl.Cl.NC1C(OC2C(CO)OC(OC3C(CO)OC(O)C(N)C3O)C(N)C2O)OC(CO)C(O)C1O.O. The van der Waals surface area contributed by atoms with E-state index in [-0.39, 0.29) is 42.7 Å². The van der Waals surface area contributed by atoms with E-state index in [2.05, 4.69) is 0 Å². The molecule has 16 N–H and O–H groups in total. The summed E-state index contributed by atoms with van der Waals surface area (Å²) in [4.78, 5) is 0. The van der Waals surface area contributed by atoms with E-state index >= 15 is 0 Å². The van der Waals surface area contributed by atoms with Crippen molar-refractivity contribution < 1.29 is 70.0 Å². The second-order valence-electron chi connectivity index (χ2n) is 8.59. The van der Waals surface area contributed by atoms with E-state index in [1.165, 1.54) is 0 Å². The molecule has 0 saturated carbocycles. The molecule has 0 aromatic heterocycles. The highest BCUT2D eigenvalue weighted by atomic mass is 35.5. The number of halogens is 3. The second kappa shape index (κ2) is 17.2. The fourth-order valence-electron chi connectivity index (χ4n) is 4.18. The van der Waals surface area contributed by atoms with Crippen LogP contribution in [0.15, 0.2) is 0 Å². The summed E-state index contributed by atoms with van der Waals surface area (Å²) in [5.74, 6) is 0. The maximum absolute atomic E-state index is 10.8. The van der Waals surface area contributed by atoms with Crippen LogP contribution >= 0.6 is 37.2 Å². The van der Waals surface area contributed by atoms with Crippen LogP contribution in [0.2, 0.25) is 0 Å². The molecule has 232 valence electrons. The lowest BCUT2D eigenvalue weighted by molar-refractivity contribution is -0.348. The Bertz CT molecular complexity index is 663. The van der Waals surface area contributed by atoms with E-state index in [1.54, 1.807) is 0 Å². The van der Waals surface area contributed by atoms with E-state index in [9.17, 15) is 40.9 Å². The molecule has 0 amide bonds. The molecule has 3 rings (SSSR count). The molecule has 15 atom stereocenters. The quantitative estimate of drug-likeness (QED) is 0.125. The first kappa shape index (κ1) is 40.3. The third-order valence-electron chi connectivity index (χ3n) is 6.33. The Balaban J connectivity index is 0. The van der Waals surface area contributed by atoms with Crippen molar-refractivity contribution in [3.8, 4) is 0 Å². The van der Waals surface area contributed by atoms with Crippen molar-refractivity contribution in [1.29, 1.82) is 0 Å². The van der Waals surface area contributed by atoms with Crippen LogP contribution in [0.4, 0.5) is 0 Å². The highest BCUT2D eigenvalue weighted by molar-refractivity contribution is 5.86. The summed E-state index contributed by atoms with van der Waals surface area (Å²) < 4.78 is 27.4. The highest BCUT2D eigenvalue weighted by Crippen LogP contribution is 2.31. The minimum absolute atomic E-state index is 0. The van der Waals surface area contributed by atoms with Crippen LogP contribution in [-0.2, 0) is 23.7 Å². The van der Waals surface area contributed by atoms with Gasteiger partial charge in [0.2, 0.25) is 0 Å². The largest absolute Gasteiger partial charge is 0.412 e. The standard InChI is InChI=1S/C18H35N3O13.3ClH.H2O/c19-7-12(27)14(5(2-23)30-16(7)29)33-18-9(21)13(28)15(6(3-24)32-18)34-17-8(20)11(26)10(25)4(1-22)31-17;;;;/h4-18,22-29H,1-3,19-21H2;3*1H;1H2. The molecule has 15 unspecified atom stereocenters. The van der Waals surface area contributed by atoms with Gasteiger partial charge in [0.05, 0.1) is 37.9 Å². The average Bonchev–Trinajstić information content (AvgIpc) is 2.83. The Morgan fingerprint density at radius 2 is 0.895 bits per heavy atom. The highest BCUT2D eigenvalue weighted by Gasteiger charge is 2.52. The van der Waals surface area contributed by atoms with Crippen LogP contribution in [0.1, 0.15) is 0 Å². The van der Waals surface area contributed by atoms with Crippen LogP contribution in [0.5, 0.6) is 0 Å². The molecule has 0 aromatic rings. The lowest BCUT2D eigenvalue weighted by Gasteiger charge is -2.48. The zero-order valence-electron chi connectivity index (χ0n) is 19.9. The van der Waals surface area contributed by atoms with Crippen LogP contribution in [0.25, 0.3) is 0 Å². The maximum atomic E-state index is 10.8. The van der Waals surface area contributed by atoms with Gasteiger partial charge in [-0.1, -0.05) is 0 Å². The lowest BCUT2D eigenvalue weighted by atomic mass is 9.94. The molecule has 38 heavy (non-hydrogen) atoms. The number of rotatable bonds is 7. The molecule has 3 saturated heterocycles. The van der Waals surface area contributed by atoms with Crippen LogP contribution in [-0.4, -0.2) is 158 Å². The summed E-state index contributed by atoms with van der Waals surface area (Å²) in [7, 11) is 0. The number of hydrogen-bond acceptors (Lipinski definition) is 16. The Labute approximate surface area is 236 Å². The molecule has 0 bridgehead atoms. The summed E-state index contributed by atoms with van der Waals surface area (Å²) in [6.45, 7) is -2.00. The fraction of sp³-hybridized carbons (Fsp3) is 1.00. The van der Waals surface area contributed by atoms with Gasteiger partial charge in [-0.25, -0.2) is 0 Å². The van der Waals surface area contributed by atoms with Crippen LogP contribution in [0, 0.1) is 0 Å². The summed E-state index contributed by atoms with van der Waals surface area (Å²) >= 11 is 0. The number of hydrogen-bond donors (Lipinski definition) is 11. The zero-order chi connectivity index (χ0) is 25.3. The van der Waals surface area contributed by atoms with Crippen LogP contribution in [0.3, 0.4) is 0 Å². The molecular weight excluding hydrogens is 589 g/mol. The van der Waals surface area contributed by atoms with Gasteiger partial charge in [0.25, 0.3) is 0 Å². The van der Waals surface area contributed by atoms with Gasteiger partial charge >= 0.3 is 0 Å². The van der Waals surface area contributed by atoms with Gasteiger partial charge in [-0.2, -0.15) is 0 Å². The van der Waals surface area contributed by atoms with Gasteiger partial charge in [-0.3, -0.25) is 0 Å².